The van der Waals surface area contributed by atoms with E-state index in [1.54, 1.807) is 13.0 Å². The molecule has 1 aromatic rings. The van der Waals surface area contributed by atoms with Gasteiger partial charge in [-0.15, -0.1) is 0 Å². The van der Waals surface area contributed by atoms with Crippen LogP contribution in [0.2, 0.25) is 0 Å². The van der Waals surface area contributed by atoms with Crippen molar-refractivity contribution in [2.75, 3.05) is 19.8 Å². The van der Waals surface area contributed by atoms with Gasteiger partial charge >= 0.3 is 58.4 Å². The summed E-state index contributed by atoms with van der Waals surface area (Å²) in [5, 5.41) is 0. The predicted octanol–water partition coefficient (Wildman–Crippen LogP) is 0.105. The summed E-state index contributed by atoms with van der Waals surface area (Å²) in [7, 11) is 0. The van der Waals surface area contributed by atoms with Crippen LogP contribution >= 0.6 is 0 Å². The van der Waals surface area contributed by atoms with E-state index in [2.05, 4.69) is 0 Å². The van der Waals surface area contributed by atoms with Crippen molar-refractivity contribution in [3.63, 3.8) is 0 Å². The first kappa shape index (κ1) is 20.5. The Kier molecular flexibility index (Phi) is 9.70. The van der Waals surface area contributed by atoms with Crippen LogP contribution in [0.15, 0.2) is 18.2 Å². The van der Waals surface area contributed by atoms with E-state index in [1.807, 2.05) is 13.8 Å². The first-order valence-corrected chi connectivity index (χ1v) is 6.31. The third kappa shape index (κ3) is 7.47. The zero-order valence-electron chi connectivity index (χ0n) is 12.5. The third-order valence-electron chi connectivity index (χ3n) is 2.45. The minimum Gasteiger partial charge on any atom is -0.494 e. The average molecular weight is 314 g/mol. The van der Waals surface area contributed by atoms with Crippen LogP contribution < -0.4 is 61.6 Å². The first-order valence-electron chi connectivity index (χ1n) is 6.31. The van der Waals surface area contributed by atoms with Crippen molar-refractivity contribution in [1.82, 2.24) is 0 Å². The van der Waals surface area contributed by atoms with Gasteiger partial charge in [-0.25, -0.2) is 0 Å². The van der Waals surface area contributed by atoms with E-state index >= 15 is 0 Å². The summed E-state index contributed by atoms with van der Waals surface area (Å²) >= 11 is 0. The van der Waals surface area contributed by atoms with Crippen molar-refractivity contribution in [2.45, 2.75) is 20.8 Å². The SMILES string of the molecule is Cc1ccc(OCCOCC(C)C)c([B-](F)(F)F)c1.[K+]. The largest absolute Gasteiger partial charge is 1.00 e. The molecule has 0 aromatic heterocycles. The number of rotatable bonds is 7. The van der Waals surface area contributed by atoms with Gasteiger partial charge in [0.25, 0.3) is 0 Å². The Balaban J connectivity index is 0.00000361. The molecule has 0 atom stereocenters. The van der Waals surface area contributed by atoms with Crippen molar-refractivity contribution in [2.24, 2.45) is 5.92 Å². The second-order valence-corrected chi connectivity index (χ2v) is 4.93. The molecule has 0 radical (unpaired) electrons. The zero-order valence-corrected chi connectivity index (χ0v) is 15.6. The topological polar surface area (TPSA) is 18.5 Å². The van der Waals surface area contributed by atoms with E-state index < -0.39 is 12.4 Å². The Morgan fingerprint density at radius 1 is 1.15 bits per heavy atom. The maximum atomic E-state index is 12.9. The van der Waals surface area contributed by atoms with Crippen molar-refractivity contribution >= 4 is 12.4 Å². The molecule has 0 aliphatic heterocycles. The summed E-state index contributed by atoms with van der Waals surface area (Å²) in [5.74, 6) is 0.277. The summed E-state index contributed by atoms with van der Waals surface area (Å²) in [6.07, 6.45) is 0. The molecule has 2 nitrogen and oxygen atoms in total. The van der Waals surface area contributed by atoms with Gasteiger partial charge in [-0.05, 0) is 18.9 Å². The molecule has 7 heteroatoms. The minimum absolute atomic E-state index is 0. The Morgan fingerprint density at radius 2 is 1.80 bits per heavy atom. The number of hydrogen-bond acceptors (Lipinski definition) is 2. The zero-order chi connectivity index (χ0) is 14.5. The van der Waals surface area contributed by atoms with Crippen LogP contribution in [0.5, 0.6) is 5.75 Å². The van der Waals surface area contributed by atoms with Gasteiger partial charge in [0.15, 0.2) is 0 Å². The fourth-order valence-electron chi connectivity index (χ4n) is 1.58. The molecule has 0 aliphatic rings. The van der Waals surface area contributed by atoms with E-state index in [-0.39, 0.29) is 70.3 Å². The molecule has 0 aliphatic carbocycles. The van der Waals surface area contributed by atoms with Gasteiger partial charge in [-0.3, -0.25) is 0 Å². The molecule has 0 N–H and O–H groups in total. The van der Waals surface area contributed by atoms with Crippen LogP contribution in [-0.4, -0.2) is 26.8 Å². The van der Waals surface area contributed by atoms with Crippen molar-refractivity contribution < 1.29 is 73.8 Å². The fraction of sp³-hybridized carbons (Fsp3) is 0.538. The van der Waals surface area contributed by atoms with Crippen LogP contribution in [0.1, 0.15) is 19.4 Å². The summed E-state index contributed by atoms with van der Waals surface area (Å²) < 4.78 is 49.0. The van der Waals surface area contributed by atoms with Gasteiger partial charge < -0.3 is 22.4 Å². The number of hydrogen-bond donors (Lipinski definition) is 0. The summed E-state index contributed by atoms with van der Waals surface area (Å²) in [6.45, 7) is 1.56. The van der Waals surface area contributed by atoms with Gasteiger partial charge in [-0.2, -0.15) is 0 Å². The number of benzene rings is 1. The molecular weight excluding hydrogens is 295 g/mol. The third-order valence-corrected chi connectivity index (χ3v) is 2.45. The van der Waals surface area contributed by atoms with E-state index in [9.17, 15) is 12.9 Å². The van der Waals surface area contributed by atoms with Crippen LogP contribution in [0.25, 0.3) is 0 Å². The molecule has 108 valence electrons. The fourth-order valence-corrected chi connectivity index (χ4v) is 1.58. The second kappa shape index (κ2) is 9.48. The second-order valence-electron chi connectivity index (χ2n) is 4.93. The van der Waals surface area contributed by atoms with Gasteiger partial charge in [0.05, 0.1) is 12.4 Å². The molecule has 0 unspecified atom stereocenters. The molecule has 0 heterocycles. The summed E-state index contributed by atoms with van der Waals surface area (Å²) in [4.78, 5) is 0. The summed E-state index contributed by atoms with van der Waals surface area (Å²) in [6, 6.07) is 4.09. The van der Waals surface area contributed by atoms with Crippen molar-refractivity contribution in [3.8, 4) is 5.75 Å². The molecule has 0 saturated heterocycles. The molecule has 1 rings (SSSR count). The van der Waals surface area contributed by atoms with Gasteiger partial charge in [0.1, 0.15) is 6.61 Å². The summed E-state index contributed by atoms with van der Waals surface area (Å²) in [5.41, 5.74) is -0.110. The normalized spacial score (nSPS) is 11.3. The van der Waals surface area contributed by atoms with Gasteiger partial charge in [-0.1, -0.05) is 37.0 Å². The van der Waals surface area contributed by atoms with Crippen molar-refractivity contribution in [3.05, 3.63) is 23.8 Å². The Bertz CT molecular complexity index is 411. The molecule has 20 heavy (non-hydrogen) atoms. The maximum absolute atomic E-state index is 12.9. The molecular formula is C13H19BF3KO2. The van der Waals surface area contributed by atoms with Gasteiger partial charge in [0.2, 0.25) is 0 Å². The number of halogens is 3. The van der Waals surface area contributed by atoms with Crippen LogP contribution in [0.3, 0.4) is 0 Å². The smallest absolute Gasteiger partial charge is 0.494 e. The Labute approximate surface area is 160 Å². The van der Waals surface area contributed by atoms with Crippen LogP contribution in [0.4, 0.5) is 12.9 Å². The average Bonchev–Trinajstić information content (AvgIpc) is 2.28. The minimum atomic E-state index is -5.06. The maximum Gasteiger partial charge on any atom is 1.00 e. The van der Waals surface area contributed by atoms with Crippen molar-refractivity contribution in [1.29, 1.82) is 0 Å². The monoisotopic (exact) mass is 314 g/mol. The molecule has 0 amide bonds. The Hall–Kier alpha value is 0.471. The molecule has 0 bridgehead atoms. The first-order chi connectivity index (χ1) is 8.80. The van der Waals surface area contributed by atoms with E-state index in [4.69, 9.17) is 9.47 Å². The molecule has 0 spiro atoms. The van der Waals surface area contributed by atoms with E-state index in [0.29, 0.717) is 18.1 Å². The van der Waals surface area contributed by atoms with E-state index in [1.165, 1.54) is 6.07 Å². The van der Waals surface area contributed by atoms with E-state index in [0.717, 1.165) is 6.07 Å². The Morgan fingerprint density at radius 3 is 2.35 bits per heavy atom. The van der Waals surface area contributed by atoms with Crippen LogP contribution in [0, 0.1) is 12.8 Å². The number of ether oxygens (including phenoxy) is 2. The quantitative estimate of drug-likeness (QED) is 0.525. The molecule has 0 fully saturated rings. The predicted molar refractivity (Wildman–Crippen MR) is 71.0 cm³/mol. The standard InChI is InChI=1S/C13H19BF3O2.K/c1-10(2)9-18-6-7-19-13-5-4-11(3)8-12(13)14(15,16)17;/h4-5,8,10H,6-7,9H2,1-3H3;/q-1;+1. The van der Waals surface area contributed by atoms with Crippen LogP contribution in [-0.2, 0) is 4.74 Å². The number of aryl methyl sites for hydroxylation is 1. The molecule has 1 aromatic carbocycles. The molecule has 0 saturated carbocycles. The van der Waals surface area contributed by atoms with Gasteiger partial charge in [0, 0.05) is 6.61 Å².